The summed E-state index contributed by atoms with van der Waals surface area (Å²) in [6.45, 7) is 16.5. The van der Waals surface area contributed by atoms with E-state index in [2.05, 4.69) is 88.4 Å². The van der Waals surface area contributed by atoms with Crippen LogP contribution in [-0.2, 0) is 13.9 Å². The smallest absolute Gasteiger partial charge is 0.410 e. The Bertz CT molecular complexity index is 929. The molecule has 204 valence electrons. The molecule has 6 heteroatoms. The standard InChI is InChI=1S/C31H47NO4Si/c1-8-9-16-21-34-26-22-25(32(23-26)29(33)36-30(2,3)4)24-35-37(31(5,6)7,27-17-12-10-13-18-27)28-19-14-11-15-20-28/h10-15,17-20,25-26H,8-9,16,21-24H2,1-7H3/t25-,26-/m1/s1. The van der Waals surface area contributed by atoms with E-state index in [1.807, 2.05) is 25.7 Å². The van der Waals surface area contributed by atoms with Crippen molar-refractivity contribution in [3.05, 3.63) is 60.7 Å². The van der Waals surface area contributed by atoms with Crippen molar-refractivity contribution in [3.63, 3.8) is 0 Å². The van der Waals surface area contributed by atoms with Crippen LogP contribution < -0.4 is 10.4 Å². The van der Waals surface area contributed by atoms with Crippen LogP contribution in [0.2, 0.25) is 5.04 Å². The summed E-state index contributed by atoms with van der Waals surface area (Å²) >= 11 is 0. The third-order valence-corrected chi connectivity index (χ3v) is 12.0. The van der Waals surface area contributed by atoms with Gasteiger partial charge in [0.2, 0.25) is 0 Å². The molecule has 1 fully saturated rings. The van der Waals surface area contributed by atoms with Crippen molar-refractivity contribution in [2.75, 3.05) is 19.8 Å². The fourth-order valence-corrected chi connectivity index (χ4v) is 9.88. The van der Waals surface area contributed by atoms with Crippen LogP contribution in [0.15, 0.2) is 60.7 Å². The Morgan fingerprint density at radius 2 is 1.49 bits per heavy atom. The van der Waals surface area contributed by atoms with Gasteiger partial charge in [0.15, 0.2) is 0 Å². The summed E-state index contributed by atoms with van der Waals surface area (Å²) in [5.74, 6) is 0. The van der Waals surface area contributed by atoms with Crippen LogP contribution in [0.5, 0.6) is 0 Å². The fraction of sp³-hybridized carbons (Fsp3) is 0.581. The molecule has 2 atom stereocenters. The number of hydrogen-bond donors (Lipinski definition) is 0. The maximum atomic E-state index is 13.3. The number of amides is 1. The molecule has 0 N–H and O–H groups in total. The molecule has 3 rings (SSSR count). The van der Waals surface area contributed by atoms with E-state index in [-0.39, 0.29) is 23.3 Å². The number of hydrogen-bond acceptors (Lipinski definition) is 4. The molecular weight excluding hydrogens is 478 g/mol. The molecule has 1 amide bonds. The molecule has 37 heavy (non-hydrogen) atoms. The molecular formula is C31H47NO4Si. The SMILES string of the molecule is CCCCCO[C@@H]1C[C@H](CO[Si](c2ccccc2)(c2ccccc2)C(C)(C)C)N(C(=O)OC(C)(C)C)C1. The molecule has 2 aromatic carbocycles. The monoisotopic (exact) mass is 525 g/mol. The van der Waals surface area contributed by atoms with E-state index in [0.29, 0.717) is 13.2 Å². The van der Waals surface area contributed by atoms with Crippen molar-refractivity contribution in [1.82, 2.24) is 4.90 Å². The van der Waals surface area contributed by atoms with Crippen LogP contribution in [0.25, 0.3) is 0 Å². The number of ether oxygens (including phenoxy) is 2. The Balaban J connectivity index is 1.91. The zero-order valence-corrected chi connectivity index (χ0v) is 25.0. The Kier molecular flexibility index (Phi) is 10.0. The quantitative estimate of drug-likeness (QED) is 0.276. The average Bonchev–Trinajstić information content (AvgIpc) is 3.25. The van der Waals surface area contributed by atoms with Gasteiger partial charge in [-0.15, -0.1) is 0 Å². The molecule has 1 saturated heterocycles. The molecule has 1 aliphatic heterocycles. The van der Waals surface area contributed by atoms with E-state index < -0.39 is 13.9 Å². The van der Waals surface area contributed by atoms with Crippen LogP contribution in [0.1, 0.15) is 74.1 Å². The first kappa shape index (κ1) is 29.4. The molecule has 0 radical (unpaired) electrons. The molecule has 0 spiro atoms. The molecule has 1 aliphatic rings. The zero-order chi connectivity index (χ0) is 27.1. The first-order valence-electron chi connectivity index (χ1n) is 13.8. The van der Waals surface area contributed by atoms with Gasteiger partial charge in [-0.1, -0.05) is 101 Å². The van der Waals surface area contributed by atoms with Gasteiger partial charge < -0.3 is 18.8 Å². The molecule has 5 nitrogen and oxygen atoms in total. The maximum Gasteiger partial charge on any atom is 0.410 e. The number of nitrogens with zero attached hydrogens (tertiary/aromatic N) is 1. The number of carbonyl (C=O) groups excluding carboxylic acids is 1. The lowest BCUT2D eigenvalue weighted by atomic mass is 10.2. The summed E-state index contributed by atoms with van der Waals surface area (Å²) in [6, 6.07) is 21.2. The average molecular weight is 526 g/mol. The topological polar surface area (TPSA) is 48.0 Å². The minimum atomic E-state index is -2.71. The van der Waals surface area contributed by atoms with Crippen LogP contribution in [0.4, 0.5) is 4.79 Å². The molecule has 0 unspecified atom stereocenters. The Morgan fingerprint density at radius 3 is 1.97 bits per heavy atom. The number of rotatable bonds is 10. The highest BCUT2D eigenvalue weighted by atomic mass is 28.4. The second-order valence-electron chi connectivity index (χ2n) is 12.2. The lowest BCUT2D eigenvalue weighted by Crippen LogP contribution is -2.67. The van der Waals surface area contributed by atoms with Gasteiger partial charge in [-0.05, 0) is 49.0 Å². The van der Waals surface area contributed by atoms with Crippen molar-refractivity contribution in [2.45, 2.75) is 96.9 Å². The third kappa shape index (κ3) is 7.46. The highest BCUT2D eigenvalue weighted by Crippen LogP contribution is 2.37. The van der Waals surface area contributed by atoms with E-state index >= 15 is 0 Å². The minimum Gasteiger partial charge on any atom is -0.444 e. The van der Waals surface area contributed by atoms with E-state index in [1.165, 1.54) is 10.4 Å². The number of unbranched alkanes of at least 4 members (excludes halogenated alkanes) is 2. The lowest BCUT2D eigenvalue weighted by molar-refractivity contribution is 0.0137. The van der Waals surface area contributed by atoms with Crippen molar-refractivity contribution in [1.29, 1.82) is 0 Å². The third-order valence-electron chi connectivity index (χ3n) is 7.01. The van der Waals surface area contributed by atoms with Crippen molar-refractivity contribution in [3.8, 4) is 0 Å². The summed E-state index contributed by atoms with van der Waals surface area (Å²) in [5, 5.41) is 2.35. The van der Waals surface area contributed by atoms with Crippen LogP contribution in [0, 0.1) is 0 Å². The highest BCUT2D eigenvalue weighted by Gasteiger charge is 2.51. The second kappa shape index (κ2) is 12.6. The highest BCUT2D eigenvalue weighted by molar-refractivity contribution is 6.99. The Labute approximate surface area is 225 Å². The predicted molar refractivity (Wildman–Crippen MR) is 154 cm³/mol. The van der Waals surface area contributed by atoms with Gasteiger partial charge >= 0.3 is 6.09 Å². The number of benzene rings is 2. The molecule has 0 bridgehead atoms. The van der Waals surface area contributed by atoms with Crippen molar-refractivity contribution in [2.24, 2.45) is 0 Å². The van der Waals surface area contributed by atoms with Crippen molar-refractivity contribution < 1.29 is 18.7 Å². The van der Waals surface area contributed by atoms with E-state index in [0.717, 1.165) is 32.3 Å². The van der Waals surface area contributed by atoms with Gasteiger partial charge in [0.25, 0.3) is 8.32 Å². The normalized spacial score (nSPS) is 18.7. The molecule has 0 aliphatic carbocycles. The molecule has 0 aromatic heterocycles. The van der Waals surface area contributed by atoms with Gasteiger partial charge in [0, 0.05) is 6.61 Å². The van der Waals surface area contributed by atoms with Crippen LogP contribution in [-0.4, -0.2) is 56.8 Å². The first-order chi connectivity index (χ1) is 17.5. The number of likely N-dealkylation sites (tertiary alicyclic amines) is 1. The maximum absolute atomic E-state index is 13.3. The van der Waals surface area contributed by atoms with Gasteiger partial charge in [-0.2, -0.15) is 0 Å². The largest absolute Gasteiger partial charge is 0.444 e. The molecule has 2 aromatic rings. The molecule has 1 heterocycles. The Morgan fingerprint density at radius 1 is 0.919 bits per heavy atom. The van der Waals surface area contributed by atoms with Gasteiger partial charge in [-0.25, -0.2) is 4.79 Å². The van der Waals surface area contributed by atoms with E-state index in [1.54, 1.807) is 0 Å². The van der Waals surface area contributed by atoms with Crippen molar-refractivity contribution >= 4 is 24.8 Å². The van der Waals surface area contributed by atoms with Gasteiger partial charge in [0.1, 0.15) is 5.60 Å². The first-order valence-corrected chi connectivity index (χ1v) is 15.7. The van der Waals surface area contributed by atoms with Gasteiger partial charge in [-0.3, -0.25) is 0 Å². The second-order valence-corrected chi connectivity index (χ2v) is 16.5. The van der Waals surface area contributed by atoms with Gasteiger partial charge in [0.05, 0.1) is 25.3 Å². The number of carbonyl (C=O) groups is 1. The zero-order valence-electron chi connectivity index (χ0n) is 24.0. The summed E-state index contributed by atoms with van der Waals surface area (Å²) in [7, 11) is -2.71. The summed E-state index contributed by atoms with van der Waals surface area (Å²) in [6.07, 6.45) is 3.82. The predicted octanol–water partition coefficient (Wildman–Crippen LogP) is 6.15. The fourth-order valence-electron chi connectivity index (χ4n) is 5.28. The van der Waals surface area contributed by atoms with E-state index in [4.69, 9.17) is 13.9 Å². The minimum absolute atomic E-state index is 0.00266. The summed E-state index contributed by atoms with van der Waals surface area (Å²) < 4.78 is 19.2. The Hall–Kier alpha value is -2.15. The van der Waals surface area contributed by atoms with Crippen LogP contribution in [0.3, 0.4) is 0 Å². The lowest BCUT2D eigenvalue weighted by Gasteiger charge is -2.44. The van der Waals surface area contributed by atoms with Crippen LogP contribution >= 0.6 is 0 Å². The summed E-state index contributed by atoms with van der Waals surface area (Å²) in [5.41, 5.74) is -0.555. The molecule has 0 saturated carbocycles. The van der Waals surface area contributed by atoms with E-state index in [9.17, 15) is 4.79 Å². The summed E-state index contributed by atoms with van der Waals surface area (Å²) in [4.78, 5) is 15.1.